The molecule has 0 fully saturated rings. The fraction of sp³-hybridized carbons (Fsp3) is 0.208. The summed E-state index contributed by atoms with van der Waals surface area (Å²) in [6.45, 7) is 0.226. The number of amidine groups is 1. The molecule has 34 heavy (non-hydrogen) atoms. The number of benzene rings is 2. The zero-order valence-corrected chi connectivity index (χ0v) is 19.2. The number of ether oxygens (including phenoxy) is 1. The molecule has 3 rings (SSSR count). The fourth-order valence-corrected chi connectivity index (χ4v) is 3.39. The molecule has 0 saturated carbocycles. The Kier molecular flexibility index (Phi) is 8.12. The third kappa shape index (κ3) is 6.48. The summed E-state index contributed by atoms with van der Waals surface area (Å²) in [6.07, 6.45) is -2.56. The number of hydrogen-bond acceptors (Lipinski definition) is 4. The molecule has 0 unspecified atom stereocenters. The van der Waals surface area contributed by atoms with E-state index in [-0.39, 0.29) is 12.1 Å². The Balaban J connectivity index is 1.62. The van der Waals surface area contributed by atoms with E-state index >= 15 is 0 Å². The van der Waals surface area contributed by atoms with Crippen LogP contribution in [-0.2, 0) is 12.6 Å². The quantitative estimate of drug-likeness (QED) is 0.356. The Bertz CT molecular complexity index is 1200. The van der Waals surface area contributed by atoms with Crippen molar-refractivity contribution < 1.29 is 22.7 Å². The number of nitrogens with one attached hydrogen (secondary N) is 2. The average Bonchev–Trinajstić information content (AvgIpc) is 2.80. The topological polar surface area (TPSA) is 75.6 Å². The van der Waals surface area contributed by atoms with Crippen LogP contribution in [0.25, 0.3) is 0 Å². The maximum absolute atomic E-state index is 13.0. The molecule has 0 radical (unpaired) electrons. The van der Waals surface area contributed by atoms with E-state index in [4.69, 9.17) is 16.3 Å². The summed E-state index contributed by atoms with van der Waals surface area (Å²) in [6, 6.07) is 13.8. The van der Waals surface area contributed by atoms with Gasteiger partial charge in [0.1, 0.15) is 23.0 Å². The van der Waals surface area contributed by atoms with E-state index in [1.54, 1.807) is 38.5 Å². The molecule has 178 valence electrons. The first-order valence-electron chi connectivity index (χ1n) is 10.2. The van der Waals surface area contributed by atoms with Crippen LogP contribution in [0.3, 0.4) is 0 Å². The molecular formula is C24H22ClF3N4O2. The molecule has 0 aliphatic carbocycles. The molecule has 1 amide bonds. The number of carbonyl (C=O) groups excluding carboxylic acids is 1. The van der Waals surface area contributed by atoms with Gasteiger partial charge in [-0.25, -0.2) is 0 Å². The number of alkyl halides is 3. The maximum atomic E-state index is 13.0. The highest BCUT2D eigenvalue weighted by Gasteiger charge is 2.33. The third-order valence-corrected chi connectivity index (χ3v) is 5.13. The lowest BCUT2D eigenvalue weighted by Gasteiger charge is -2.12. The van der Waals surface area contributed by atoms with Crippen LogP contribution in [0, 0.1) is 0 Å². The Morgan fingerprint density at radius 3 is 2.59 bits per heavy atom. The normalized spacial score (nSPS) is 11.8. The van der Waals surface area contributed by atoms with E-state index in [0.29, 0.717) is 29.4 Å². The average molecular weight is 491 g/mol. The van der Waals surface area contributed by atoms with Crippen LogP contribution in [0.15, 0.2) is 65.8 Å². The van der Waals surface area contributed by atoms with Gasteiger partial charge in [-0.2, -0.15) is 13.2 Å². The summed E-state index contributed by atoms with van der Waals surface area (Å²) in [5, 5.41) is 5.14. The molecule has 0 atom stereocenters. The van der Waals surface area contributed by atoms with Gasteiger partial charge in [-0.15, -0.1) is 0 Å². The molecule has 0 aliphatic rings. The minimum atomic E-state index is -4.64. The number of pyridine rings is 1. The number of amides is 1. The predicted octanol–water partition coefficient (Wildman–Crippen LogP) is 5.11. The van der Waals surface area contributed by atoms with Crippen molar-refractivity contribution >= 4 is 23.3 Å². The van der Waals surface area contributed by atoms with E-state index in [2.05, 4.69) is 20.6 Å². The molecule has 0 bridgehead atoms. The van der Waals surface area contributed by atoms with Crippen molar-refractivity contribution in [3.63, 3.8) is 0 Å². The second-order valence-corrected chi connectivity index (χ2v) is 7.55. The summed E-state index contributed by atoms with van der Waals surface area (Å²) in [4.78, 5) is 20.7. The van der Waals surface area contributed by atoms with Crippen molar-refractivity contribution in [1.82, 2.24) is 15.6 Å². The van der Waals surface area contributed by atoms with Gasteiger partial charge in [-0.3, -0.25) is 14.8 Å². The zero-order chi connectivity index (χ0) is 24.7. The number of aliphatic imine (C=N–C) groups is 1. The number of halogens is 4. The highest BCUT2D eigenvalue weighted by atomic mass is 35.5. The van der Waals surface area contributed by atoms with Crippen LogP contribution >= 0.6 is 11.6 Å². The summed E-state index contributed by atoms with van der Waals surface area (Å²) in [7, 11) is 3.41. The lowest BCUT2D eigenvalue weighted by Crippen LogP contribution is -2.26. The second-order valence-electron chi connectivity index (χ2n) is 7.15. The van der Waals surface area contributed by atoms with Gasteiger partial charge >= 0.3 is 6.18 Å². The maximum Gasteiger partial charge on any atom is 0.417 e. The molecular weight excluding hydrogens is 469 g/mol. The van der Waals surface area contributed by atoms with Gasteiger partial charge in [-0.1, -0.05) is 23.7 Å². The van der Waals surface area contributed by atoms with Crippen molar-refractivity contribution in [2.45, 2.75) is 12.6 Å². The van der Waals surface area contributed by atoms with Crippen LogP contribution in [0.5, 0.6) is 11.5 Å². The first kappa shape index (κ1) is 25.0. The molecule has 0 spiro atoms. The van der Waals surface area contributed by atoms with Gasteiger partial charge in [0.15, 0.2) is 0 Å². The Morgan fingerprint density at radius 2 is 1.88 bits per heavy atom. The number of aromatic nitrogens is 1. The molecule has 2 aromatic carbocycles. The van der Waals surface area contributed by atoms with Gasteiger partial charge < -0.3 is 15.4 Å². The van der Waals surface area contributed by atoms with Crippen molar-refractivity contribution in [3.8, 4) is 11.5 Å². The minimum Gasteiger partial charge on any atom is -0.457 e. The molecule has 1 heterocycles. The minimum absolute atomic E-state index is 0.112. The van der Waals surface area contributed by atoms with E-state index in [9.17, 15) is 18.0 Å². The number of nitrogens with zero attached hydrogens (tertiary/aromatic N) is 2. The lowest BCUT2D eigenvalue weighted by atomic mass is 10.1. The smallest absolute Gasteiger partial charge is 0.417 e. The van der Waals surface area contributed by atoms with Crippen LogP contribution in [0.1, 0.15) is 27.2 Å². The Hall–Kier alpha value is -3.59. The second kappa shape index (κ2) is 11.0. The molecule has 10 heteroatoms. The Morgan fingerprint density at radius 1 is 1.12 bits per heavy atom. The van der Waals surface area contributed by atoms with Gasteiger partial charge in [-0.05, 0) is 48.4 Å². The van der Waals surface area contributed by atoms with Gasteiger partial charge in [0.25, 0.3) is 5.91 Å². The van der Waals surface area contributed by atoms with E-state index in [1.165, 1.54) is 6.07 Å². The van der Waals surface area contributed by atoms with E-state index < -0.39 is 22.7 Å². The number of hydrogen-bond donors (Lipinski definition) is 2. The standard InChI is InChI=1S/C24H22ClF3N4O2/c1-29-22(30-2)21-14-18(9-11-31-21)34-17-5-3-4-15(12-17)8-10-32-23(33)16-6-7-20(25)19(13-16)24(26,27)28/h3-7,9,11-14H,8,10H2,1-2H3,(H,29,30)(H,32,33). The molecule has 3 aromatic rings. The van der Waals surface area contributed by atoms with Crippen molar-refractivity contribution in [2.75, 3.05) is 20.6 Å². The highest BCUT2D eigenvalue weighted by Crippen LogP contribution is 2.35. The predicted molar refractivity (Wildman–Crippen MR) is 125 cm³/mol. The first-order valence-corrected chi connectivity index (χ1v) is 10.6. The van der Waals surface area contributed by atoms with E-state index in [0.717, 1.165) is 17.7 Å². The van der Waals surface area contributed by atoms with Crippen LogP contribution in [0.4, 0.5) is 13.2 Å². The Labute approximate surface area is 199 Å². The first-order chi connectivity index (χ1) is 16.2. The van der Waals surface area contributed by atoms with E-state index in [1.807, 2.05) is 18.2 Å². The molecule has 0 saturated heterocycles. The SMILES string of the molecule is CN=C(NC)c1cc(Oc2cccc(CCNC(=O)c3ccc(Cl)c(C(F)(F)F)c3)c2)ccn1. The third-order valence-electron chi connectivity index (χ3n) is 4.80. The van der Waals surface area contributed by atoms with Crippen LogP contribution in [0.2, 0.25) is 5.02 Å². The molecule has 0 aliphatic heterocycles. The summed E-state index contributed by atoms with van der Waals surface area (Å²) >= 11 is 5.61. The monoisotopic (exact) mass is 490 g/mol. The highest BCUT2D eigenvalue weighted by molar-refractivity contribution is 6.31. The van der Waals surface area contributed by atoms with Crippen LogP contribution in [-0.4, -0.2) is 37.4 Å². The molecule has 1 aromatic heterocycles. The van der Waals surface area contributed by atoms with Gasteiger partial charge in [0.05, 0.1) is 10.6 Å². The summed E-state index contributed by atoms with van der Waals surface area (Å²) in [5.41, 5.74) is 0.360. The zero-order valence-electron chi connectivity index (χ0n) is 18.4. The lowest BCUT2D eigenvalue weighted by molar-refractivity contribution is -0.137. The largest absolute Gasteiger partial charge is 0.457 e. The van der Waals surface area contributed by atoms with Crippen molar-refractivity contribution in [3.05, 3.63) is 88.2 Å². The molecule has 2 N–H and O–H groups in total. The van der Waals surface area contributed by atoms with Gasteiger partial charge in [0.2, 0.25) is 0 Å². The number of rotatable bonds is 7. The van der Waals surface area contributed by atoms with Crippen LogP contribution < -0.4 is 15.4 Å². The summed E-state index contributed by atoms with van der Waals surface area (Å²) < 4.78 is 45.0. The van der Waals surface area contributed by atoms with Gasteiger partial charge in [0, 0.05) is 38.5 Å². The summed E-state index contributed by atoms with van der Waals surface area (Å²) in [5.74, 6) is 1.18. The fourth-order valence-electron chi connectivity index (χ4n) is 3.17. The molecule has 6 nitrogen and oxygen atoms in total. The van der Waals surface area contributed by atoms with Crippen molar-refractivity contribution in [1.29, 1.82) is 0 Å². The van der Waals surface area contributed by atoms with Crippen molar-refractivity contribution in [2.24, 2.45) is 4.99 Å². The number of carbonyl (C=O) groups is 1.